The zero-order valence-corrected chi connectivity index (χ0v) is 11.2. The molecule has 0 heterocycles. The summed E-state index contributed by atoms with van der Waals surface area (Å²) in [5.74, 6) is -1.03. The molecule has 0 aliphatic rings. The highest BCUT2D eigenvalue weighted by Gasteiger charge is 2.18. The van der Waals surface area contributed by atoms with Crippen molar-refractivity contribution in [3.05, 3.63) is 53.3 Å². The molecule has 0 bridgehead atoms. The number of nitrogens with two attached hydrogens (primary N) is 1. The maximum absolute atomic E-state index is 13.8. The smallest absolute Gasteiger partial charge is 0.262 e. The first kappa shape index (κ1) is 13.9. The first-order chi connectivity index (χ1) is 9.54. The van der Waals surface area contributed by atoms with Crippen molar-refractivity contribution in [3.63, 3.8) is 0 Å². The molecule has 0 fully saturated rings. The minimum absolute atomic E-state index is 0.128. The summed E-state index contributed by atoms with van der Waals surface area (Å²) in [6.07, 6.45) is 0. The molecule has 2 aromatic rings. The van der Waals surface area contributed by atoms with Gasteiger partial charge in [0.05, 0.1) is 7.11 Å². The number of carbonyl (C=O) groups is 1. The minimum Gasteiger partial charge on any atom is -0.496 e. The monoisotopic (exact) mass is 274 g/mol. The van der Waals surface area contributed by atoms with E-state index in [2.05, 4.69) is 5.32 Å². The number of nitrogen functional groups attached to an aromatic ring is 1. The van der Waals surface area contributed by atoms with Crippen molar-refractivity contribution < 1.29 is 13.9 Å². The van der Waals surface area contributed by atoms with Crippen LogP contribution in [0.15, 0.2) is 36.4 Å². The second-order valence-electron chi connectivity index (χ2n) is 4.29. The number of anilines is 2. The lowest BCUT2D eigenvalue weighted by molar-refractivity contribution is 0.102. The Hall–Kier alpha value is -2.56. The summed E-state index contributed by atoms with van der Waals surface area (Å²) in [5.41, 5.74) is 7.48. The third-order valence-electron chi connectivity index (χ3n) is 3.05. The van der Waals surface area contributed by atoms with E-state index in [1.165, 1.54) is 25.3 Å². The Morgan fingerprint density at radius 1 is 1.25 bits per heavy atom. The summed E-state index contributed by atoms with van der Waals surface area (Å²) in [7, 11) is 1.39. The van der Waals surface area contributed by atoms with Crippen molar-refractivity contribution in [2.24, 2.45) is 0 Å². The van der Waals surface area contributed by atoms with Crippen molar-refractivity contribution >= 4 is 17.3 Å². The molecule has 0 radical (unpaired) electrons. The van der Waals surface area contributed by atoms with E-state index in [1.54, 1.807) is 25.1 Å². The van der Waals surface area contributed by atoms with Crippen LogP contribution in [0.1, 0.15) is 15.9 Å². The molecule has 2 rings (SSSR count). The van der Waals surface area contributed by atoms with Crippen LogP contribution in [0.4, 0.5) is 15.8 Å². The van der Waals surface area contributed by atoms with Gasteiger partial charge in [0.2, 0.25) is 0 Å². The minimum atomic E-state index is -0.636. The molecular formula is C15H15FN2O2. The molecule has 0 aliphatic carbocycles. The van der Waals surface area contributed by atoms with Gasteiger partial charge in [0.1, 0.15) is 17.1 Å². The van der Waals surface area contributed by atoms with Gasteiger partial charge >= 0.3 is 0 Å². The molecule has 4 nitrogen and oxygen atoms in total. The second-order valence-corrected chi connectivity index (χ2v) is 4.29. The van der Waals surface area contributed by atoms with Gasteiger partial charge in [0.15, 0.2) is 0 Å². The first-order valence-electron chi connectivity index (χ1n) is 6.03. The number of hydrogen-bond acceptors (Lipinski definition) is 3. The molecule has 0 unspecified atom stereocenters. The molecule has 5 heteroatoms. The third-order valence-corrected chi connectivity index (χ3v) is 3.05. The molecule has 0 aliphatic heterocycles. The number of rotatable bonds is 3. The number of ether oxygens (including phenoxy) is 1. The molecule has 0 saturated heterocycles. The summed E-state index contributed by atoms with van der Waals surface area (Å²) in [6.45, 7) is 1.78. The Labute approximate surface area is 116 Å². The van der Waals surface area contributed by atoms with Crippen LogP contribution in [0.2, 0.25) is 0 Å². The fourth-order valence-corrected chi connectivity index (χ4v) is 1.87. The average Bonchev–Trinajstić information content (AvgIpc) is 2.43. The number of carbonyl (C=O) groups excluding carboxylic acids is 1. The van der Waals surface area contributed by atoms with E-state index in [4.69, 9.17) is 10.5 Å². The maximum atomic E-state index is 13.8. The summed E-state index contributed by atoms with van der Waals surface area (Å²) in [4.78, 5) is 12.2. The van der Waals surface area contributed by atoms with Gasteiger partial charge in [-0.3, -0.25) is 4.79 Å². The van der Waals surface area contributed by atoms with E-state index in [-0.39, 0.29) is 11.3 Å². The van der Waals surface area contributed by atoms with Crippen molar-refractivity contribution in [2.75, 3.05) is 18.2 Å². The number of hydrogen-bond donors (Lipinski definition) is 2. The Balaban J connectivity index is 2.36. The zero-order chi connectivity index (χ0) is 14.7. The number of halogens is 1. The van der Waals surface area contributed by atoms with Crippen LogP contribution in [0.3, 0.4) is 0 Å². The topological polar surface area (TPSA) is 64.3 Å². The van der Waals surface area contributed by atoms with Crippen LogP contribution >= 0.6 is 0 Å². The van der Waals surface area contributed by atoms with E-state index >= 15 is 0 Å². The highest BCUT2D eigenvalue weighted by atomic mass is 19.1. The number of amides is 1. The Morgan fingerprint density at radius 3 is 2.65 bits per heavy atom. The molecule has 2 aromatic carbocycles. The lowest BCUT2D eigenvalue weighted by Gasteiger charge is -2.12. The van der Waals surface area contributed by atoms with E-state index < -0.39 is 11.7 Å². The number of benzene rings is 2. The molecule has 0 aromatic heterocycles. The zero-order valence-electron chi connectivity index (χ0n) is 11.2. The number of methoxy groups -OCH3 is 1. The molecule has 3 N–H and O–H groups in total. The van der Waals surface area contributed by atoms with Crippen LogP contribution in [0.5, 0.6) is 5.75 Å². The van der Waals surface area contributed by atoms with Crippen LogP contribution in [0.25, 0.3) is 0 Å². The van der Waals surface area contributed by atoms with E-state index in [0.717, 1.165) is 5.56 Å². The largest absolute Gasteiger partial charge is 0.496 e. The van der Waals surface area contributed by atoms with Crippen LogP contribution in [0, 0.1) is 12.7 Å². The summed E-state index contributed by atoms with van der Waals surface area (Å²) >= 11 is 0. The van der Waals surface area contributed by atoms with Crippen molar-refractivity contribution in [1.82, 2.24) is 0 Å². The van der Waals surface area contributed by atoms with E-state index in [9.17, 15) is 9.18 Å². The maximum Gasteiger partial charge on any atom is 0.262 e. The molecule has 0 spiro atoms. The van der Waals surface area contributed by atoms with Gasteiger partial charge in [-0.1, -0.05) is 12.1 Å². The molecular weight excluding hydrogens is 259 g/mol. The van der Waals surface area contributed by atoms with Crippen LogP contribution < -0.4 is 15.8 Å². The third kappa shape index (κ3) is 2.56. The van der Waals surface area contributed by atoms with Crippen LogP contribution in [-0.4, -0.2) is 13.0 Å². The van der Waals surface area contributed by atoms with Gasteiger partial charge in [-0.05, 0) is 36.8 Å². The molecule has 0 saturated carbocycles. The summed E-state index contributed by atoms with van der Waals surface area (Å²) in [5, 5.41) is 2.64. The quantitative estimate of drug-likeness (QED) is 0.846. The summed E-state index contributed by atoms with van der Waals surface area (Å²) in [6, 6.07) is 9.38. The second kappa shape index (κ2) is 5.61. The lowest BCUT2D eigenvalue weighted by Crippen LogP contribution is -2.16. The Bertz CT molecular complexity index is 656. The van der Waals surface area contributed by atoms with E-state index in [0.29, 0.717) is 11.4 Å². The highest BCUT2D eigenvalue weighted by Crippen LogP contribution is 2.25. The molecule has 1 amide bonds. The predicted molar refractivity (Wildman–Crippen MR) is 76.5 cm³/mol. The van der Waals surface area contributed by atoms with E-state index in [1.807, 2.05) is 0 Å². The van der Waals surface area contributed by atoms with Crippen LogP contribution in [-0.2, 0) is 0 Å². The van der Waals surface area contributed by atoms with Gasteiger partial charge < -0.3 is 15.8 Å². The van der Waals surface area contributed by atoms with Crippen molar-refractivity contribution in [1.29, 1.82) is 0 Å². The lowest BCUT2D eigenvalue weighted by atomic mass is 10.1. The van der Waals surface area contributed by atoms with Crippen molar-refractivity contribution in [2.45, 2.75) is 6.92 Å². The van der Waals surface area contributed by atoms with Gasteiger partial charge in [-0.15, -0.1) is 0 Å². The fraction of sp³-hybridized carbons (Fsp3) is 0.133. The molecule has 104 valence electrons. The average molecular weight is 274 g/mol. The number of nitrogens with one attached hydrogen (secondary N) is 1. The van der Waals surface area contributed by atoms with Gasteiger partial charge in [-0.2, -0.15) is 0 Å². The SMILES string of the molecule is COc1cccc(F)c1C(=O)Nc1cccc(N)c1C. The summed E-state index contributed by atoms with van der Waals surface area (Å²) < 4.78 is 18.8. The van der Waals surface area contributed by atoms with Gasteiger partial charge in [0.25, 0.3) is 5.91 Å². The van der Waals surface area contributed by atoms with Gasteiger partial charge in [0, 0.05) is 11.4 Å². The Morgan fingerprint density at radius 2 is 1.95 bits per heavy atom. The standard InChI is InChI=1S/C15H15FN2O2/c1-9-11(17)6-4-7-12(9)18-15(19)14-10(16)5-3-8-13(14)20-2/h3-8H,17H2,1-2H3,(H,18,19). The molecule has 20 heavy (non-hydrogen) atoms. The first-order valence-corrected chi connectivity index (χ1v) is 6.03. The Kier molecular flexibility index (Phi) is 3.89. The predicted octanol–water partition coefficient (Wildman–Crippen LogP) is 2.98. The highest BCUT2D eigenvalue weighted by molar-refractivity contribution is 6.07. The fourth-order valence-electron chi connectivity index (χ4n) is 1.87. The molecule has 0 atom stereocenters. The van der Waals surface area contributed by atoms with Crippen molar-refractivity contribution in [3.8, 4) is 5.75 Å². The van der Waals surface area contributed by atoms with Gasteiger partial charge in [-0.25, -0.2) is 4.39 Å². The normalized spacial score (nSPS) is 10.2.